The van der Waals surface area contributed by atoms with Crippen molar-refractivity contribution in [2.24, 2.45) is 5.92 Å². The van der Waals surface area contributed by atoms with E-state index in [9.17, 15) is 5.11 Å². The molecular formula is C16H28N2O2. The fraction of sp³-hybridized carbons (Fsp3) is 0.812. The summed E-state index contributed by atoms with van der Waals surface area (Å²) in [5.41, 5.74) is -0.229. The molecule has 0 aliphatic heterocycles. The third-order valence-corrected chi connectivity index (χ3v) is 4.62. The highest BCUT2D eigenvalue weighted by Crippen LogP contribution is 2.32. The molecule has 4 nitrogen and oxygen atoms in total. The Morgan fingerprint density at radius 2 is 2.10 bits per heavy atom. The van der Waals surface area contributed by atoms with Crippen molar-refractivity contribution in [1.82, 2.24) is 10.3 Å². The van der Waals surface area contributed by atoms with E-state index in [4.69, 9.17) is 4.42 Å². The van der Waals surface area contributed by atoms with Crippen LogP contribution in [0, 0.1) is 5.92 Å². The summed E-state index contributed by atoms with van der Waals surface area (Å²) in [4.78, 5) is 4.31. The quantitative estimate of drug-likeness (QED) is 0.840. The van der Waals surface area contributed by atoms with Crippen LogP contribution in [0.25, 0.3) is 0 Å². The average molecular weight is 280 g/mol. The van der Waals surface area contributed by atoms with E-state index in [1.54, 1.807) is 6.20 Å². The molecule has 1 saturated carbocycles. The lowest BCUT2D eigenvalue weighted by atomic mass is 9.76. The Balaban J connectivity index is 1.94. The standard InChI is InChI=1S/C16H28N2O2/c1-12(2)14-9-17-15(20-14)10-18-16(3,11-19)13-7-5-4-6-8-13/h9,12-13,18-19H,4-8,10-11H2,1-3H3/t16-/m1/s1. The van der Waals surface area contributed by atoms with Crippen molar-refractivity contribution in [3.05, 3.63) is 17.8 Å². The van der Waals surface area contributed by atoms with Crippen LogP contribution in [0.1, 0.15) is 70.4 Å². The van der Waals surface area contributed by atoms with Gasteiger partial charge in [0.1, 0.15) is 5.76 Å². The molecule has 2 rings (SSSR count). The number of hydrogen-bond donors (Lipinski definition) is 2. The van der Waals surface area contributed by atoms with Gasteiger partial charge in [-0.2, -0.15) is 0 Å². The van der Waals surface area contributed by atoms with Gasteiger partial charge in [-0.1, -0.05) is 33.1 Å². The smallest absolute Gasteiger partial charge is 0.208 e. The summed E-state index contributed by atoms with van der Waals surface area (Å²) in [6.07, 6.45) is 8.09. The van der Waals surface area contributed by atoms with Gasteiger partial charge in [0, 0.05) is 11.5 Å². The highest BCUT2D eigenvalue weighted by atomic mass is 16.4. The van der Waals surface area contributed by atoms with Gasteiger partial charge in [-0.25, -0.2) is 4.98 Å². The molecular weight excluding hydrogens is 252 g/mol. The minimum absolute atomic E-state index is 0.162. The van der Waals surface area contributed by atoms with Crippen molar-refractivity contribution in [2.75, 3.05) is 6.61 Å². The number of nitrogens with zero attached hydrogens (tertiary/aromatic N) is 1. The number of aliphatic hydroxyl groups is 1. The molecule has 1 aromatic rings. The number of aromatic nitrogens is 1. The first-order chi connectivity index (χ1) is 9.55. The number of rotatable bonds is 6. The second-order valence-electron chi connectivity index (χ2n) is 6.58. The molecule has 0 spiro atoms. The normalized spacial score (nSPS) is 20.2. The van der Waals surface area contributed by atoms with Crippen LogP contribution in [0.2, 0.25) is 0 Å². The van der Waals surface area contributed by atoms with E-state index >= 15 is 0 Å². The molecule has 1 fully saturated rings. The Bertz CT molecular complexity index is 410. The Morgan fingerprint density at radius 3 is 2.65 bits per heavy atom. The fourth-order valence-corrected chi connectivity index (χ4v) is 3.02. The first-order valence-corrected chi connectivity index (χ1v) is 7.85. The summed E-state index contributed by atoms with van der Waals surface area (Å²) < 4.78 is 5.72. The third-order valence-electron chi connectivity index (χ3n) is 4.62. The minimum atomic E-state index is -0.229. The molecule has 0 bridgehead atoms. The van der Waals surface area contributed by atoms with Gasteiger partial charge >= 0.3 is 0 Å². The van der Waals surface area contributed by atoms with Gasteiger partial charge in [-0.15, -0.1) is 0 Å². The Labute approximate surface area is 122 Å². The van der Waals surface area contributed by atoms with Gasteiger partial charge in [0.25, 0.3) is 0 Å². The molecule has 114 valence electrons. The van der Waals surface area contributed by atoms with Crippen molar-refractivity contribution in [1.29, 1.82) is 0 Å². The molecule has 1 atom stereocenters. The third kappa shape index (κ3) is 3.61. The van der Waals surface area contributed by atoms with Crippen LogP contribution in [-0.2, 0) is 6.54 Å². The zero-order valence-corrected chi connectivity index (χ0v) is 13.0. The molecule has 1 heterocycles. The van der Waals surface area contributed by atoms with Crippen molar-refractivity contribution in [3.63, 3.8) is 0 Å². The molecule has 0 saturated heterocycles. The van der Waals surface area contributed by atoms with E-state index in [0.29, 0.717) is 24.3 Å². The molecule has 0 amide bonds. The molecule has 1 aliphatic carbocycles. The number of nitrogens with one attached hydrogen (secondary N) is 1. The summed E-state index contributed by atoms with van der Waals surface area (Å²) in [6.45, 7) is 7.06. The van der Waals surface area contributed by atoms with E-state index in [2.05, 4.69) is 31.1 Å². The van der Waals surface area contributed by atoms with Crippen molar-refractivity contribution in [3.8, 4) is 0 Å². The molecule has 0 unspecified atom stereocenters. The SMILES string of the molecule is CC(C)c1cnc(CN[C@](C)(CO)C2CCCCC2)o1. The first kappa shape index (κ1) is 15.5. The maximum Gasteiger partial charge on any atom is 0.208 e. The van der Waals surface area contributed by atoms with Crippen molar-refractivity contribution < 1.29 is 9.52 Å². The van der Waals surface area contributed by atoms with Gasteiger partial charge in [-0.05, 0) is 25.7 Å². The lowest BCUT2D eigenvalue weighted by Crippen LogP contribution is -2.52. The van der Waals surface area contributed by atoms with Gasteiger partial charge in [0.05, 0.1) is 19.3 Å². The Morgan fingerprint density at radius 1 is 1.40 bits per heavy atom. The summed E-state index contributed by atoms with van der Waals surface area (Å²) in [7, 11) is 0. The first-order valence-electron chi connectivity index (χ1n) is 7.85. The summed E-state index contributed by atoms with van der Waals surface area (Å²) >= 11 is 0. The predicted molar refractivity (Wildman–Crippen MR) is 79.5 cm³/mol. The molecule has 1 aromatic heterocycles. The number of aliphatic hydroxyl groups excluding tert-OH is 1. The predicted octanol–water partition coefficient (Wildman–Crippen LogP) is 3.22. The fourth-order valence-electron chi connectivity index (χ4n) is 3.02. The van der Waals surface area contributed by atoms with Crippen molar-refractivity contribution >= 4 is 0 Å². The van der Waals surface area contributed by atoms with Crippen molar-refractivity contribution in [2.45, 2.75) is 70.9 Å². The van der Waals surface area contributed by atoms with Crippen LogP contribution in [0.3, 0.4) is 0 Å². The Kier molecular flexibility index (Phi) is 5.22. The van der Waals surface area contributed by atoms with Gasteiger partial charge in [0.2, 0.25) is 5.89 Å². The monoisotopic (exact) mass is 280 g/mol. The molecule has 1 aliphatic rings. The Hall–Kier alpha value is -0.870. The van der Waals surface area contributed by atoms with Gasteiger partial charge in [0.15, 0.2) is 0 Å². The maximum atomic E-state index is 9.80. The highest BCUT2D eigenvalue weighted by Gasteiger charge is 2.34. The van der Waals surface area contributed by atoms with Crippen LogP contribution in [-0.4, -0.2) is 22.2 Å². The molecule has 20 heavy (non-hydrogen) atoms. The maximum absolute atomic E-state index is 9.80. The largest absolute Gasteiger partial charge is 0.444 e. The second-order valence-corrected chi connectivity index (χ2v) is 6.58. The zero-order chi connectivity index (χ0) is 14.6. The van der Waals surface area contributed by atoms with Gasteiger partial charge in [-0.3, -0.25) is 0 Å². The topological polar surface area (TPSA) is 58.3 Å². The van der Waals surface area contributed by atoms with Crippen LogP contribution in [0.15, 0.2) is 10.6 Å². The summed E-state index contributed by atoms with van der Waals surface area (Å²) in [5, 5.41) is 13.3. The highest BCUT2D eigenvalue weighted by molar-refractivity contribution is 5.00. The number of oxazole rings is 1. The van der Waals surface area contributed by atoms with E-state index < -0.39 is 0 Å². The minimum Gasteiger partial charge on any atom is -0.444 e. The number of hydrogen-bond acceptors (Lipinski definition) is 4. The molecule has 0 radical (unpaired) electrons. The zero-order valence-electron chi connectivity index (χ0n) is 13.0. The molecule has 4 heteroatoms. The lowest BCUT2D eigenvalue weighted by Gasteiger charge is -2.39. The van der Waals surface area contributed by atoms with Crippen LogP contribution in [0.5, 0.6) is 0 Å². The van der Waals surface area contributed by atoms with Gasteiger partial charge < -0.3 is 14.8 Å². The molecule has 0 aromatic carbocycles. The van der Waals surface area contributed by atoms with Crippen LogP contribution < -0.4 is 5.32 Å². The van der Waals surface area contributed by atoms with E-state index in [0.717, 1.165) is 5.76 Å². The van der Waals surface area contributed by atoms with E-state index in [-0.39, 0.29) is 12.1 Å². The molecule has 2 N–H and O–H groups in total. The second kappa shape index (κ2) is 6.72. The summed E-state index contributed by atoms with van der Waals surface area (Å²) in [6, 6.07) is 0. The summed E-state index contributed by atoms with van der Waals surface area (Å²) in [5.74, 6) is 2.54. The van der Waals surface area contributed by atoms with E-state index in [1.807, 2.05) is 0 Å². The van der Waals surface area contributed by atoms with E-state index in [1.165, 1.54) is 32.1 Å². The lowest BCUT2D eigenvalue weighted by molar-refractivity contribution is 0.0913. The van der Waals surface area contributed by atoms with Crippen LogP contribution >= 0.6 is 0 Å². The van der Waals surface area contributed by atoms with Crippen LogP contribution in [0.4, 0.5) is 0 Å². The average Bonchev–Trinajstić information content (AvgIpc) is 2.95.